The predicted octanol–water partition coefficient (Wildman–Crippen LogP) is 9.41. The van der Waals surface area contributed by atoms with Crippen LogP contribution in [0.5, 0.6) is 0 Å². The van der Waals surface area contributed by atoms with E-state index in [0.29, 0.717) is 29.8 Å². The van der Waals surface area contributed by atoms with E-state index in [-0.39, 0.29) is 5.82 Å². The van der Waals surface area contributed by atoms with E-state index < -0.39 is 0 Å². The summed E-state index contributed by atoms with van der Waals surface area (Å²) in [7, 11) is 0. The van der Waals surface area contributed by atoms with Crippen LogP contribution in [-0.4, -0.2) is 38.1 Å². The van der Waals surface area contributed by atoms with Gasteiger partial charge in [0.1, 0.15) is 5.82 Å². The summed E-state index contributed by atoms with van der Waals surface area (Å²) >= 11 is 0. The van der Waals surface area contributed by atoms with E-state index in [2.05, 4.69) is 32.0 Å². The van der Waals surface area contributed by atoms with Gasteiger partial charge in [-0.25, -0.2) is 4.39 Å². The molecule has 2 aliphatic carbocycles. The summed E-state index contributed by atoms with van der Waals surface area (Å²) in [6, 6.07) is 14.1. The van der Waals surface area contributed by atoms with Gasteiger partial charge in [0.05, 0.1) is 18.3 Å². The predicted molar refractivity (Wildman–Crippen MR) is 159 cm³/mol. The fraction of sp³-hybridized carbons (Fsp3) is 0.657. The van der Waals surface area contributed by atoms with Crippen molar-refractivity contribution in [1.82, 2.24) is 0 Å². The maximum absolute atomic E-state index is 15.0. The van der Waals surface area contributed by atoms with Crippen molar-refractivity contribution in [3.8, 4) is 11.1 Å². The molecule has 0 aliphatic heterocycles. The lowest BCUT2D eigenvalue weighted by Gasteiger charge is -2.29. The Morgan fingerprint density at radius 3 is 1.64 bits per heavy atom. The van der Waals surface area contributed by atoms with E-state index >= 15 is 0 Å². The van der Waals surface area contributed by atoms with E-state index in [4.69, 9.17) is 14.2 Å². The summed E-state index contributed by atoms with van der Waals surface area (Å²) in [5, 5.41) is 0. The molecule has 0 atom stereocenters. The first-order valence-corrected chi connectivity index (χ1v) is 15.9. The maximum Gasteiger partial charge on any atom is 0.131 e. The molecule has 0 saturated heterocycles. The maximum atomic E-state index is 15.0. The summed E-state index contributed by atoms with van der Waals surface area (Å²) < 4.78 is 33.4. The van der Waals surface area contributed by atoms with Gasteiger partial charge < -0.3 is 14.2 Å². The molecule has 4 rings (SSSR count). The molecule has 0 aromatic heterocycles. The van der Waals surface area contributed by atoms with Crippen LogP contribution in [0, 0.1) is 5.82 Å². The zero-order valence-corrected chi connectivity index (χ0v) is 24.5. The zero-order valence-electron chi connectivity index (χ0n) is 24.5. The lowest BCUT2D eigenvalue weighted by molar-refractivity contribution is -0.0348. The van der Waals surface area contributed by atoms with Gasteiger partial charge in [-0.1, -0.05) is 63.1 Å². The Bertz CT molecular complexity index is 943. The Hall–Kier alpha value is -1.75. The first-order valence-electron chi connectivity index (χ1n) is 15.9. The first kappa shape index (κ1) is 30.2. The van der Waals surface area contributed by atoms with Crippen LogP contribution in [0.2, 0.25) is 0 Å². The second-order valence-corrected chi connectivity index (χ2v) is 11.7. The monoisotopic (exact) mass is 538 g/mol. The van der Waals surface area contributed by atoms with Crippen molar-refractivity contribution in [2.75, 3.05) is 19.8 Å². The van der Waals surface area contributed by atoms with E-state index in [0.717, 1.165) is 102 Å². The molecule has 2 fully saturated rings. The summed E-state index contributed by atoms with van der Waals surface area (Å²) in [5.41, 5.74) is 4.06. The highest BCUT2D eigenvalue weighted by Gasteiger charge is 2.24. The normalized spacial score (nSPS) is 23.7. The summed E-state index contributed by atoms with van der Waals surface area (Å²) in [5.74, 6) is 0.322. The molecule has 0 radical (unpaired) electrons. The van der Waals surface area contributed by atoms with E-state index in [9.17, 15) is 4.39 Å². The Morgan fingerprint density at radius 2 is 1.15 bits per heavy atom. The lowest BCUT2D eigenvalue weighted by atomic mass is 9.82. The van der Waals surface area contributed by atoms with Crippen molar-refractivity contribution < 1.29 is 18.6 Å². The number of rotatable bonds is 15. The van der Waals surface area contributed by atoms with Gasteiger partial charge in [-0.15, -0.1) is 0 Å². The molecule has 0 amide bonds. The van der Waals surface area contributed by atoms with Crippen molar-refractivity contribution >= 4 is 0 Å². The molecule has 216 valence electrons. The van der Waals surface area contributed by atoms with Crippen molar-refractivity contribution in [2.45, 2.75) is 128 Å². The highest BCUT2D eigenvalue weighted by Crippen LogP contribution is 2.36. The second kappa shape index (κ2) is 16.5. The molecule has 2 aromatic rings. The summed E-state index contributed by atoms with van der Waals surface area (Å²) in [6.07, 6.45) is 16.9. The average molecular weight is 539 g/mol. The fourth-order valence-corrected chi connectivity index (χ4v) is 6.17. The van der Waals surface area contributed by atoms with Gasteiger partial charge in [-0.3, -0.25) is 0 Å². The molecule has 2 aromatic carbocycles. The largest absolute Gasteiger partial charge is 0.378 e. The topological polar surface area (TPSA) is 27.7 Å². The SMILES string of the molecule is CCCCCOC1CCC(OCCCCOC2CCC(c3ccc(-c4ccc(CC)cc4)c(F)c3)CC2)CC1. The molecule has 2 saturated carbocycles. The molecule has 0 heterocycles. The van der Waals surface area contributed by atoms with Gasteiger partial charge in [-0.05, 0) is 106 Å². The summed E-state index contributed by atoms with van der Waals surface area (Å²) in [6.45, 7) is 6.95. The van der Waals surface area contributed by atoms with Gasteiger partial charge in [-0.2, -0.15) is 0 Å². The molecule has 3 nitrogen and oxygen atoms in total. The van der Waals surface area contributed by atoms with E-state index in [1.165, 1.54) is 24.8 Å². The van der Waals surface area contributed by atoms with Crippen LogP contribution >= 0.6 is 0 Å². The minimum atomic E-state index is -0.110. The standard InChI is InChI=1S/C35H51FO3/c1-3-5-6-23-37-32-18-20-33(21-19-32)39-25-8-7-24-38-31-16-13-28(14-17-31)30-15-22-34(35(36)26-30)29-11-9-27(4-2)10-12-29/h9-12,15,22,26,28,31-33H,3-8,13-14,16-21,23-25H2,1-2H3. The number of benzene rings is 2. The molecule has 39 heavy (non-hydrogen) atoms. The minimum absolute atomic E-state index is 0.110. The molecule has 4 heteroatoms. The van der Waals surface area contributed by atoms with Crippen molar-refractivity contribution in [2.24, 2.45) is 0 Å². The first-order chi connectivity index (χ1) is 19.2. The minimum Gasteiger partial charge on any atom is -0.378 e. The number of aryl methyl sites for hydroxylation is 1. The number of halogens is 1. The van der Waals surface area contributed by atoms with Crippen LogP contribution in [0.1, 0.15) is 114 Å². The third-order valence-corrected chi connectivity index (χ3v) is 8.78. The third kappa shape index (κ3) is 9.69. The number of hydrogen-bond donors (Lipinski definition) is 0. The number of hydrogen-bond acceptors (Lipinski definition) is 3. The van der Waals surface area contributed by atoms with E-state index in [1.54, 1.807) is 6.07 Å². The number of ether oxygens (including phenoxy) is 3. The quantitative estimate of drug-likeness (QED) is 0.211. The second-order valence-electron chi connectivity index (χ2n) is 11.7. The summed E-state index contributed by atoms with van der Waals surface area (Å²) in [4.78, 5) is 0. The lowest BCUT2D eigenvalue weighted by Crippen LogP contribution is -2.27. The van der Waals surface area contributed by atoms with E-state index in [1.807, 2.05) is 18.2 Å². The Labute approximate surface area is 236 Å². The number of unbranched alkanes of at least 4 members (excludes halogenated alkanes) is 3. The van der Waals surface area contributed by atoms with Crippen LogP contribution < -0.4 is 0 Å². The zero-order chi connectivity index (χ0) is 27.3. The Balaban J connectivity index is 1.06. The van der Waals surface area contributed by atoms with Crippen LogP contribution in [-0.2, 0) is 20.6 Å². The molecule has 0 unspecified atom stereocenters. The van der Waals surface area contributed by atoms with Crippen molar-refractivity contribution in [3.63, 3.8) is 0 Å². The smallest absolute Gasteiger partial charge is 0.131 e. The van der Waals surface area contributed by atoms with Crippen molar-refractivity contribution in [1.29, 1.82) is 0 Å². The van der Waals surface area contributed by atoms with Gasteiger partial charge in [0.25, 0.3) is 0 Å². The van der Waals surface area contributed by atoms with Crippen LogP contribution in [0.25, 0.3) is 11.1 Å². The van der Waals surface area contributed by atoms with Gasteiger partial charge in [0, 0.05) is 25.4 Å². The van der Waals surface area contributed by atoms with Crippen molar-refractivity contribution in [3.05, 3.63) is 59.4 Å². The molecule has 0 bridgehead atoms. The van der Waals surface area contributed by atoms with Gasteiger partial charge >= 0.3 is 0 Å². The fourth-order valence-electron chi connectivity index (χ4n) is 6.17. The van der Waals surface area contributed by atoms with Gasteiger partial charge in [0.15, 0.2) is 0 Å². The van der Waals surface area contributed by atoms with Crippen LogP contribution in [0.4, 0.5) is 4.39 Å². The Kier molecular flexibility index (Phi) is 12.8. The third-order valence-electron chi connectivity index (χ3n) is 8.78. The highest BCUT2D eigenvalue weighted by atomic mass is 19.1. The molecular formula is C35H51FO3. The molecular weight excluding hydrogens is 487 g/mol. The molecule has 2 aliphatic rings. The molecule has 0 spiro atoms. The molecule has 0 N–H and O–H groups in total. The highest BCUT2D eigenvalue weighted by molar-refractivity contribution is 5.65. The van der Waals surface area contributed by atoms with Crippen LogP contribution in [0.15, 0.2) is 42.5 Å². The Morgan fingerprint density at radius 1 is 0.641 bits per heavy atom. The van der Waals surface area contributed by atoms with Crippen LogP contribution in [0.3, 0.4) is 0 Å². The average Bonchev–Trinajstić information content (AvgIpc) is 2.98. The van der Waals surface area contributed by atoms with Gasteiger partial charge in [0.2, 0.25) is 0 Å².